The van der Waals surface area contributed by atoms with E-state index in [0.29, 0.717) is 24.2 Å². The Labute approximate surface area is 101 Å². The van der Waals surface area contributed by atoms with Crippen LogP contribution in [0.2, 0.25) is 0 Å². The molecule has 2 aliphatic rings. The molecule has 1 saturated heterocycles. The first-order chi connectivity index (χ1) is 8.34. The van der Waals surface area contributed by atoms with Gasteiger partial charge in [-0.2, -0.15) is 0 Å². The van der Waals surface area contributed by atoms with Crippen LogP contribution in [-0.2, 0) is 0 Å². The van der Waals surface area contributed by atoms with Crippen LogP contribution in [0.5, 0.6) is 5.75 Å². The summed E-state index contributed by atoms with van der Waals surface area (Å²) in [7, 11) is 0. The van der Waals surface area contributed by atoms with Crippen LogP contribution in [0.3, 0.4) is 0 Å². The zero-order chi connectivity index (χ0) is 11.7. The highest BCUT2D eigenvalue weighted by atomic mass is 19.1. The molecular weight excluding hydrogens is 217 g/mol. The van der Waals surface area contributed by atoms with Crippen LogP contribution >= 0.6 is 0 Å². The summed E-state index contributed by atoms with van der Waals surface area (Å²) in [5, 5.41) is 3.32. The fourth-order valence-corrected chi connectivity index (χ4v) is 2.41. The minimum absolute atomic E-state index is 0.213. The molecule has 1 heterocycles. The molecule has 1 unspecified atom stereocenters. The third-order valence-corrected chi connectivity index (χ3v) is 3.66. The number of hydrogen-bond donors (Lipinski definition) is 1. The summed E-state index contributed by atoms with van der Waals surface area (Å²) in [5.41, 5.74) is 1.04. The molecule has 2 fully saturated rings. The predicted octanol–water partition coefficient (Wildman–Crippen LogP) is 2.69. The summed E-state index contributed by atoms with van der Waals surface area (Å²) in [6.45, 7) is 2.63. The van der Waals surface area contributed by atoms with Crippen molar-refractivity contribution in [2.45, 2.75) is 25.2 Å². The van der Waals surface area contributed by atoms with Crippen molar-refractivity contribution in [3.8, 4) is 5.75 Å². The Kier molecular flexibility index (Phi) is 3.02. The van der Waals surface area contributed by atoms with Gasteiger partial charge in [0.1, 0.15) is 0 Å². The standard InChI is InChI=1S/C14H18FNO/c15-13-3-1-2-12(11-6-7-16-8-11)14(13)17-9-10-4-5-10/h1-3,10-11,16H,4-9H2. The first kappa shape index (κ1) is 11.0. The lowest BCUT2D eigenvalue weighted by Gasteiger charge is -2.16. The molecule has 0 aromatic heterocycles. The summed E-state index contributed by atoms with van der Waals surface area (Å²) < 4.78 is 19.5. The van der Waals surface area contributed by atoms with Gasteiger partial charge in [-0.05, 0) is 37.8 Å². The summed E-state index contributed by atoms with van der Waals surface area (Å²) in [4.78, 5) is 0. The Hall–Kier alpha value is -1.09. The van der Waals surface area contributed by atoms with E-state index in [9.17, 15) is 4.39 Å². The van der Waals surface area contributed by atoms with Gasteiger partial charge in [0.05, 0.1) is 6.61 Å². The summed E-state index contributed by atoms with van der Waals surface area (Å²) in [6, 6.07) is 5.28. The number of benzene rings is 1. The van der Waals surface area contributed by atoms with Crippen molar-refractivity contribution in [2.75, 3.05) is 19.7 Å². The van der Waals surface area contributed by atoms with Crippen LogP contribution in [0.4, 0.5) is 4.39 Å². The summed E-state index contributed by atoms with van der Waals surface area (Å²) >= 11 is 0. The average Bonchev–Trinajstić information content (AvgIpc) is 3.00. The van der Waals surface area contributed by atoms with E-state index in [2.05, 4.69) is 5.32 Å². The minimum atomic E-state index is -0.213. The van der Waals surface area contributed by atoms with Crippen molar-refractivity contribution in [2.24, 2.45) is 5.92 Å². The zero-order valence-electron chi connectivity index (χ0n) is 9.92. The first-order valence-electron chi connectivity index (χ1n) is 6.46. The monoisotopic (exact) mass is 235 g/mol. The van der Waals surface area contributed by atoms with Crippen LogP contribution in [0, 0.1) is 11.7 Å². The van der Waals surface area contributed by atoms with E-state index in [1.54, 1.807) is 6.07 Å². The fourth-order valence-electron chi connectivity index (χ4n) is 2.41. The number of rotatable bonds is 4. The lowest BCUT2D eigenvalue weighted by Crippen LogP contribution is -2.10. The highest BCUT2D eigenvalue weighted by Gasteiger charge is 2.26. The van der Waals surface area contributed by atoms with Gasteiger partial charge in [-0.1, -0.05) is 12.1 Å². The molecule has 1 aliphatic carbocycles. The van der Waals surface area contributed by atoms with E-state index in [4.69, 9.17) is 4.74 Å². The van der Waals surface area contributed by atoms with E-state index in [0.717, 1.165) is 25.1 Å². The molecule has 3 heteroatoms. The van der Waals surface area contributed by atoms with Crippen LogP contribution in [0.1, 0.15) is 30.7 Å². The summed E-state index contributed by atoms with van der Waals surface area (Å²) in [5.74, 6) is 1.34. The molecule has 2 nitrogen and oxygen atoms in total. The maximum absolute atomic E-state index is 13.8. The topological polar surface area (TPSA) is 21.3 Å². The molecule has 92 valence electrons. The molecule has 0 radical (unpaired) electrons. The van der Waals surface area contributed by atoms with E-state index < -0.39 is 0 Å². The van der Waals surface area contributed by atoms with Crippen molar-refractivity contribution in [1.82, 2.24) is 5.32 Å². The van der Waals surface area contributed by atoms with Crippen molar-refractivity contribution in [3.63, 3.8) is 0 Å². The normalized spacial score (nSPS) is 23.9. The Morgan fingerprint density at radius 2 is 2.18 bits per heavy atom. The average molecular weight is 235 g/mol. The Balaban J connectivity index is 1.81. The van der Waals surface area contributed by atoms with Crippen molar-refractivity contribution in [1.29, 1.82) is 0 Å². The molecule has 0 bridgehead atoms. The second-order valence-corrected chi connectivity index (χ2v) is 5.10. The van der Waals surface area contributed by atoms with Gasteiger partial charge in [-0.3, -0.25) is 0 Å². The molecule has 17 heavy (non-hydrogen) atoms. The molecule has 1 N–H and O–H groups in total. The quantitative estimate of drug-likeness (QED) is 0.866. The number of ether oxygens (including phenoxy) is 1. The van der Waals surface area contributed by atoms with Gasteiger partial charge in [0.15, 0.2) is 11.6 Å². The smallest absolute Gasteiger partial charge is 0.165 e. The molecule has 1 aromatic rings. The Morgan fingerprint density at radius 3 is 2.88 bits per heavy atom. The molecule has 1 atom stereocenters. The predicted molar refractivity (Wildman–Crippen MR) is 64.8 cm³/mol. The van der Waals surface area contributed by atoms with Gasteiger partial charge >= 0.3 is 0 Å². The number of hydrogen-bond acceptors (Lipinski definition) is 2. The van der Waals surface area contributed by atoms with E-state index in [-0.39, 0.29) is 5.82 Å². The summed E-state index contributed by atoms with van der Waals surface area (Å²) in [6.07, 6.45) is 3.53. The lowest BCUT2D eigenvalue weighted by molar-refractivity contribution is 0.280. The second-order valence-electron chi connectivity index (χ2n) is 5.10. The molecule has 3 rings (SSSR count). The van der Waals surface area contributed by atoms with E-state index in [1.165, 1.54) is 18.9 Å². The van der Waals surface area contributed by atoms with Crippen molar-refractivity contribution in [3.05, 3.63) is 29.6 Å². The minimum Gasteiger partial charge on any atom is -0.490 e. The van der Waals surface area contributed by atoms with E-state index >= 15 is 0 Å². The van der Waals surface area contributed by atoms with Gasteiger partial charge in [0.25, 0.3) is 0 Å². The highest BCUT2D eigenvalue weighted by Crippen LogP contribution is 2.35. The highest BCUT2D eigenvalue weighted by molar-refractivity contribution is 5.38. The van der Waals surface area contributed by atoms with Crippen molar-refractivity contribution < 1.29 is 9.13 Å². The maximum atomic E-state index is 13.8. The molecule has 1 aliphatic heterocycles. The third-order valence-electron chi connectivity index (χ3n) is 3.66. The largest absolute Gasteiger partial charge is 0.490 e. The third kappa shape index (κ3) is 2.44. The zero-order valence-corrected chi connectivity index (χ0v) is 9.92. The lowest BCUT2D eigenvalue weighted by atomic mass is 9.97. The van der Waals surface area contributed by atoms with Crippen molar-refractivity contribution >= 4 is 0 Å². The molecule has 0 spiro atoms. The van der Waals surface area contributed by atoms with E-state index in [1.807, 2.05) is 6.07 Å². The van der Waals surface area contributed by atoms with Gasteiger partial charge < -0.3 is 10.1 Å². The van der Waals surface area contributed by atoms with Gasteiger partial charge in [-0.25, -0.2) is 4.39 Å². The number of halogens is 1. The number of nitrogens with one attached hydrogen (secondary N) is 1. The Bertz CT molecular complexity index is 397. The second kappa shape index (κ2) is 4.65. The van der Waals surface area contributed by atoms with Gasteiger partial charge in [0.2, 0.25) is 0 Å². The van der Waals surface area contributed by atoms with Gasteiger partial charge in [0, 0.05) is 18.0 Å². The molecule has 0 amide bonds. The Morgan fingerprint density at radius 1 is 1.29 bits per heavy atom. The van der Waals surface area contributed by atoms with Gasteiger partial charge in [-0.15, -0.1) is 0 Å². The molecular formula is C14H18FNO. The van der Waals surface area contributed by atoms with Crippen LogP contribution < -0.4 is 10.1 Å². The van der Waals surface area contributed by atoms with Crippen LogP contribution in [0.15, 0.2) is 18.2 Å². The SMILES string of the molecule is Fc1cccc(C2CCNC2)c1OCC1CC1. The maximum Gasteiger partial charge on any atom is 0.165 e. The van der Waals surface area contributed by atoms with Crippen LogP contribution in [-0.4, -0.2) is 19.7 Å². The first-order valence-corrected chi connectivity index (χ1v) is 6.46. The number of para-hydroxylation sites is 1. The van der Waals surface area contributed by atoms with Crippen LogP contribution in [0.25, 0.3) is 0 Å². The molecule has 1 aromatic carbocycles. The fraction of sp³-hybridized carbons (Fsp3) is 0.571. The molecule has 1 saturated carbocycles.